The number of sulfone groups is 1. The number of aliphatic hydroxyl groups is 1. The molecule has 96 valence electrons. The summed E-state index contributed by atoms with van der Waals surface area (Å²) in [6.45, 7) is 4.72. The predicted molar refractivity (Wildman–Crippen MR) is 69.9 cm³/mol. The quantitative estimate of drug-likeness (QED) is 0.860. The van der Waals surface area contributed by atoms with Crippen LogP contribution in [-0.2, 0) is 9.84 Å². The maximum Gasteiger partial charge on any atom is 0.172 e. The molecule has 5 heteroatoms. The van der Waals surface area contributed by atoms with Crippen molar-refractivity contribution in [2.75, 3.05) is 5.75 Å². The zero-order valence-corrected chi connectivity index (χ0v) is 11.7. The minimum absolute atomic E-state index is 0.101. The molecular weight excluding hydrogens is 260 g/mol. The molecule has 0 saturated heterocycles. The van der Waals surface area contributed by atoms with Crippen LogP contribution in [0.1, 0.15) is 31.1 Å². The number of alkyl halides is 1. The third-order valence-electron chi connectivity index (χ3n) is 2.83. The number of aryl methyl sites for hydroxylation is 1. The van der Waals surface area contributed by atoms with Gasteiger partial charge in [0.2, 0.25) is 0 Å². The largest absolute Gasteiger partial charge is 0.385 e. The van der Waals surface area contributed by atoms with Crippen LogP contribution in [0.3, 0.4) is 0 Å². The van der Waals surface area contributed by atoms with Gasteiger partial charge in [0.1, 0.15) is 6.10 Å². The van der Waals surface area contributed by atoms with Crippen molar-refractivity contribution in [2.45, 2.75) is 31.1 Å². The molecule has 0 fully saturated rings. The summed E-state index contributed by atoms with van der Waals surface area (Å²) in [6.07, 6.45) is -1.24. The Bertz CT molecular complexity index is 494. The monoisotopic (exact) mass is 276 g/mol. The molecule has 0 aliphatic carbocycles. The van der Waals surface area contributed by atoms with E-state index in [0.29, 0.717) is 5.56 Å². The highest BCUT2D eigenvalue weighted by Crippen LogP contribution is 2.37. The van der Waals surface area contributed by atoms with E-state index in [0.717, 1.165) is 5.56 Å². The van der Waals surface area contributed by atoms with Gasteiger partial charge in [0.25, 0.3) is 0 Å². The van der Waals surface area contributed by atoms with Gasteiger partial charge in [-0.1, -0.05) is 48.4 Å². The van der Waals surface area contributed by atoms with Gasteiger partial charge in [-0.15, -0.1) is 0 Å². The van der Waals surface area contributed by atoms with Gasteiger partial charge in [0.05, 0.1) is 0 Å². The van der Waals surface area contributed by atoms with Crippen molar-refractivity contribution < 1.29 is 13.5 Å². The van der Waals surface area contributed by atoms with E-state index in [1.807, 2.05) is 13.0 Å². The summed E-state index contributed by atoms with van der Waals surface area (Å²) >= 11 is 6.03. The molecule has 0 aliphatic heterocycles. The number of hydrogen-bond acceptors (Lipinski definition) is 3. The lowest BCUT2D eigenvalue weighted by atomic mass is 10.0. The minimum Gasteiger partial charge on any atom is -0.385 e. The number of rotatable bonds is 4. The van der Waals surface area contributed by atoms with E-state index in [4.69, 9.17) is 11.6 Å². The Morgan fingerprint density at radius 1 is 1.47 bits per heavy atom. The molecule has 0 spiro atoms. The van der Waals surface area contributed by atoms with E-state index >= 15 is 0 Å². The van der Waals surface area contributed by atoms with Gasteiger partial charge in [-0.2, -0.15) is 0 Å². The zero-order valence-electron chi connectivity index (χ0n) is 10.1. The lowest BCUT2D eigenvalue weighted by molar-refractivity contribution is 0.162. The first kappa shape index (κ1) is 14.5. The first-order valence-corrected chi connectivity index (χ1v) is 7.41. The number of benzene rings is 1. The van der Waals surface area contributed by atoms with Crippen LogP contribution < -0.4 is 0 Å². The third-order valence-corrected chi connectivity index (χ3v) is 5.95. The SMILES string of the molecule is CCS(=O)(=O)[C@@](C)(Cl)[C@H](O)c1cccc(C)c1. The lowest BCUT2D eigenvalue weighted by Crippen LogP contribution is -2.37. The highest BCUT2D eigenvalue weighted by Gasteiger charge is 2.43. The van der Waals surface area contributed by atoms with Crippen LogP contribution in [0.25, 0.3) is 0 Å². The van der Waals surface area contributed by atoms with Crippen LogP contribution >= 0.6 is 11.6 Å². The molecule has 1 aromatic carbocycles. The molecule has 0 aromatic heterocycles. The topological polar surface area (TPSA) is 54.4 Å². The summed E-state index contributed by atoms with van der Waals surface area (Å²) < 4.78 is 22.0. The second-order valence-electron chi connectivity index (χ2n) is 4.21. The van der Waals surface area contributed by atoms with E-state index in [9.17, 15) is 13.5 Å². The van der Waals surface area contributed by atoms with Gasteiger partial charge in [-0.3, -0.25) is 0 Å². The van der Waals surface area contributed by atoms with Gasteiger partial charge >= 0.3 is 0 Å². The second kappa shape index (κ2) is 4.96. The molecule has 0 aliphatic rings. The van der Waals surface area contributed by atoms with Crippen molar-refractivity contribution in [3.63, 3.8) is 0 Å². The normalized spacial score (nSPS) is 17.5. The fraction of sp³-hybridized carbons (Fsp3) is 0.500. The summed E-state index contributed by atoms with van der Waals surface area (Å²) in [5.41, 5.74) is 1.46. The van der Waals surface area contributed by atoms with Gasteiger partial charge in [-0.25, -0.2) is 8.42 Å². The van der Waals surface area contributed by atoms with Gasteiger partial charge in [-0.05, 0) is 19.4 Å². The molecule has 0 unspecified atom stereocenters. The third kappa shape index (κ3) is 2.81. The van der Waals surface area contributed by atoms with Crippen molar-refractivity contribution in [1.29, 1.82) is 0 Å². The Morgan fingerprint density at radius 3 is 2.53 bits per heavy atom. The van der Waals surface area contributed by atoms with E-state index in [1.54, 1.807) is 18.2 Å². The maximum atomic E-state index is 11.8. The van der Waals surface area contributed by atoms with E-state index in [1.165, 1.54) is 13.8 Å². The average Bonchev–Trinajstić information content (AvgIpc) is 2.27. The molecule has 3 nitrogen and oxygen atoms in total. The Balaban J connectivity index is 3.17. The number of aliphatic hydroxyl groups excluding tert-OH is 1. The Hall–Kier alpha value is -0.580. The number of hydrogen-bond donors (Lipinski definition) is 1. The first-order valence-electron chi connectivity index (χ1n) is 5.38. The van der Waals surface area contributed by atoms with Crippen LogP contribution in [0.4, 0.5) is 0 Å². The summed E-state index contributed by atoms with van der Waals surface area (Å²) in [7, 11) is -3.54. The van der Waals surface area contributed by atoms with Gasteiger partial charge < -0.3 is 5.11 Å². The fourth-order valence-electron chi connectivity index (χ4n) is 1.59. The van der Waals surface area contributed by atoms with E-state index in [2.05, 4.69) is 0 Å². The van der Waals surface area contributed by atoms with Crippen molar-refractivity contribution in [2.24, 2.45) is 0 Å². The molecule has 0 bridgehead atoms. The van der Waals surface area contributed by atoms with Crippen LogP contribution in [-0.4, -0.2) is 23.5 Å². The summed E-state index contributed by atoms with van der Waals surface area (Å²) in [4.78, 5) is 0. The predicted octanol–water partition coefficient (Wildman–Crippen LogP) is 2.42. The smallest absolute Gasteiger partial charge is 0.172 e. The van der Waals surface area contributed by atoms with Crippen molar-refractivity contribution in [1.82, 2.24) is 0 Å². The lowest BCUT2D eigenvalue weighted by Gasteiger charge is -2.27. The molecule has 0 amide bonds. The second-order valence-corrected chi connectivity index (χ2v) is 7.87. The highest BCUT2D eigenvalue weighted by atomic mass is 35.5. The van der Waals surface area contributed by atoms with E-state index in [-0.39, 0.29) is 5.75 Å². The summed E-state index contributed by atoms with van der Waals surface area (Å²) in [6, 6.07) is 7.04. The molecule has 0 saturated carbocycles. The zero-order chi connectivity index (χ0) is 13.3. The highest BCUT2D eigenvalue weighted by molar-refractivity contribution is 7.94. The van der Waals surface area contributed by atoms with E-state index < -0.39 is 20.1 Å². The molecule has 17 heavy (non-hydrogen) atoms. The van der Waals surface area contributed by atoms with Crippen LogP contribution in [0.2, 0.25) is 0 Å². The molecule has 1 aromatic rings. The molecule has 0 radical (unpaired) electrons. The van der Waals surface area contributed by atoms with Crippen molar-refractivity contribution >= 4 is 21.4 Å². The standard InChI is InChI=1S/C12H17ClO3S/c1-4-17(15,16)12(3,13)11(14)10-7-5-6-9(2)8-10/h5-8,11,14H,4H2,1-3H3/t11-,12-/m1/s1. The first-order chi connectivity index (χ1) is 7.72. The Morgan fingerprint density at radius 2 is 2.06 bits per heavy atom. The molecule has 2 atom stereocenters. The number of halogens is 1. The molecular formula is C12H17ClO3S. The summed E-state index contributed by atoms with van der Waals surface area (Å²) in [5, 5.41) is 10.1. The van der Waals surface area contributed by atoms with Gasteiger partial charge in [0, 0.05) is 5.75 Å². The van der Waals surface area contributed by atoms with Crippen LogP contribution in [0.15, 0.2) is 24.3 Å². The fourth-order valence-corrected chi connectivity index (χ4v) is 3.08. The Kier molecular flexibility index (Phi) is 4.23. The van der Waals surface area contributed by atoms with Crippen molar-refractivity contribution in [3.05, 3.63) is 35.4 Å². The van der Waals surface area contributed by atoms with Crippen LogP contribution in [0.5, 0.6) is 0 Å². The molecule has 1 rings (SSSR count). The van der Waals surface area contributed by atoms with Crippen LogP contribution in [0, 0.1) is 6.92 Å². The van der Waals surface area contributed by atoms with Gasteiger partial charge in [0.15, 0.2) is 14.0 Å². The Labute approximate surface area is 107 Å². The summed E-state index contributed by atoms with van der Waals surface area (Å²) in [5.74, 6) is -0.101. The van der Waals surface area contributed by atoms with Crippen molar-refractivity contribution in [3.8, 4) is 0 Å². The minimum atomic E-state index is -3.54. The average molecular weight is 277 g/mol. The maximum absolute atomic E-state index is 11.8. The molecule has 1 N–H and O–H groups in total. The molecule has 0 heterocycles.